The summed E-state index contributed by atoms with van der Waals surface area (Å²) in [6, 6.07) is 5.95. The van der Waals surface area contributed by atoms with Gasteiger partial charge in [0.25, 0.3) is 0 Å². The zero-order chi connectivity index (χ0) is 11.3. The summed E-state index contributed by atoms with van der Waals surface area (Å²) in [5.74, 6) is 1.58. The molecule has 80 valence electrons. The van der Waals surface area contributed by atoms with Gasteiger partial charge in [0.1, 0.15) is 0 Å². The molecule has 0 aliphatic carbocycles. The number of ketones is 1. The molecular weight excluding hydrogens is 204 g/mol. The Hall–Kier alpha value is -1.02. The van der Waals surface area contributed by atoms with E-state index in [2.05, 4.69) is 6.58 Å². The number of carbonyl (C=O) groups is 1. The first-order valence-electron chi connectivity index (χ1n) is 4.94. The maximum Gasteiger partial charge on any atom is 0.172 e. The Morgan fingerprint density at radius 1 is 1.47 bits per heavy atom. The summed E-state index contributed by atoms with van der Waals surface area (Å²) in [5.41, 5.74) is 3.11. The highest BCUT2D eigenvalue weighted by Gasteiger charge is 2.08. The van der Waals surface area contributed by atoms with Gasteiger partial charge in [0, 0.05) is 11.3 Å². The normalized spacial score (nSPS) is 10.0. The number of hydrogen-bond donors (Lipinski definition) is 0. The molecule has 0 saturated carbocycles. The highest BCUT2D eigenvalue weighted by molar-refractivity contribution is 8.00. The van der Waals surface area contributed by atoms with Gasteiger partial charge in [-0.05, 0) is 19.4 Å². The lowest BCUT2D eigenvalue weighted by atomic mass is 10.0. The number of benzene rings is 1. The van der Waals surface area contributed by atoms with Gasteiger partial charge in [-0.2, -0.15) is 0 Å². The lowest BCUT2D eigenvalue weighted by Crippen LogP contribution is -2.05. The third-order valence-electron chi connectivity index (χ3n) is 2.15. The number of carbonyl (C=O) groups excluding carboxylic acids is 1. The molecule has 1 nitrogen and oxygen atoms in total. The second-order valence-corrected chi connectivity index (χ2v) is 4.58. The third kappa shape index (κ3) is 3.56. The molecule has 0 unspecified atom stereocenters. The van der Waals surface area contributed by atoms with Crippen molar-refractivity contribution < 1.29 is 4.79 Å². The van der Waals surface area contributed by atoms with Crippen molar-refractivity contribution in [1.82, 2.24) is 0 Å². The van der Waals surface area contributed by atoms with Crippen LogP contribution in [-0.4, -0.2) is 17.3 Å². The minimum Gasteiger partial charge on any atom is -0.293 e. The van der Waals surface area contributed by atoms with Crippen LogP contribution in [0.1, 0.15) is 21.5 Å². The Balaban J connectivity index is 2.69. The summed E-state index contributed by atoms with van der Waals surface area (Å²) < 4.78 is 0. The summed E-state index contributed by atoms with van der Waals surface area (Å²) in [4.78, 5) is 11.8. The Labute approximate surface area is 95.6 Å². The number of thioether (sulfide) groups is 1. The fraction of sp³-hybridized carbons (Fsp3) is 0.308. The van der Waals surface area contributed by atoms with E-state index in [1.54, 1.807) is 11.8 Å². The van der Waals surface area contributed by atoms with Gasteiger partial charge in [-0.25, -0.2) is 0 Å². The topological polar surface area (TPSA) is 17.1 Å². The van der Waals surface area contributed by atoms with Crippen LogP contribution in [-0.2, 0) is 0 Å². The van der Waals surface area contributed by atoms with Crippen LogP contribution in [0.3, 0.4) is 0 Å². The fourth-order valence-corrected chi connectivity index (χ4v) is 2.06. The monoisotopic (exact) mass is 220 g/mol. The van der Waals surface area contributed by atoms with Gasteiger partial charge in [-0.1, -0.05) is 29.8 Å². The molecule has 0 radical (unpaired) electrons. The molecule has 0 aromatic heterocycles. The first-order valence-corrected chi connectivity index (χ1v) is 6.09. The van der Waals surface area contributed by atoms with Crippen molar-refractivity contribution >= 4 is 17.5 Å². The smallest absolute Gasteiger partial charge is 0.172 e. The van der Waals surface area contributed by atoms with Gasteiger partial charge in [0.05, 0.1) is 5.75 Å². The largest absolute Gasteiger partial charge is 0.293 e. The van der Waals surface area contributed by atoms with E-state index in [-0.39, 0.29) is 5.78 Å². The van der Waals surface area contributed by atoms with Crippen molar-refractivity contribution in [3.05, 3.63) is 47.5 Å². The molecule has 0 bridgehead atoms. The highest BCUT2D eigenvalue weighted by Crippen LogP contribution is 2.13. The zero-order valence-corrected chi connectivity index (χ0v) is 10.1. The lowest BCUT2D eigenvalue weighted by molar-refractivity contribution is 0.102. The van der Waals surface area contributed by atoms with Crippen LogP contribution in [0, 0.1) is 13.8 Å². The first-order chi connectivity index (χ1) is 7.15. The van der Waals surface area contributed by atoms with Crippen molar-refractivity contribution in [3.63, 3.8) is 0 Å². The second kappa shape index (κ2) is 5.76. The predicted octanol–water partition coefficient (Wildman–Crippen LogP) is 3.41. The van der Waals surface area contributed by atoms with E-state index < -0.39 is 0 Å². The Kier molecular flexibility index (Phi) is 4.63. The van der Waals surface area contributed by atoms with E-state index in [1.807, 2.05) is 38.1 Å². The minimum atomic E-state index is 0.208. The van der Waals surface area contributed by atoms with Crippen LogP contribution in [0.15, 0.2) is 30.9 Å². The van der Waals surface area contributed by atoms with Crippen LogP contribution in [0.25, 0.3) is 0 Å². The minimum absolute atomic E-state index is 0.208. The van der Waals surface area contributed by atoms with E-state index in [9.17, 15) is 4.79 Å². The molecule has 0 aliphatic rings. The van der Waals surface area contributed by atoms with Crippen molar-refractivity contribution in [2.24, 2.45) is 0 Å². The van der Waals surface area contributed by atoms with Gasteiger partial charge in [0.15, 0.2) is 5.78 Å². The SMILES string of the molecule is C=CCSCC(=O)c1ccc(C)cc1C. The van der Waals surface area contributed by atoms with Crippen LogP contribution < -0.4 is 0 Å². The number of hydrogen-bond acceptors (Lipinski definition) is 2. The Morgan fingerprint density at radius 3 is 2.80 bits per heavy atom. The fourth-order valence-electron chi connectivity index (χ4n) is 1.44. The van der Waals surface area contributed by atoms with Crippen LogP contribution >= 0.6 is 11.8 Å². The predicted molar refractivity (Wildman–Crippen MR) is 67.8 cm³/mol. The molecular formula is C13H16OS. The molecule has 0 saturated heterocycles. The molecule has 0 fully saturated rings. The molecule has 1 aromatic carbocycles. The molecule has 2 heteroatoms. The van der Waals surface area contributed by atoms with Gasteiger partial charge in [0.2, 0.25) is 0 Å². The van der Waals surface area contributed by atoms with E-state index >= 15 is 0 Å². The molecule has 0 spiro atoms. The van der Waals surface area contributed by atoms with E-state index in [0.717, 1.165) is 16.9 Å². The van der Waals surface area contributed by atoms with Crippen LogP contribution in [0.2, 0.25) is 0 Å². The summed E-state index contributed by atoms with van der Waals surface area (Å²) in [7, 11) is 0. The van der Waals surface area contributed by atoms with E-state index in [0.29, 0.717) is 5.75 Å². The van der Waals surface area contributed by atoms with Gasteiger partial charge in [-0.15, -0.1) is 18.3 Å². The standard InChI is InChI=1S/C13H16OS/c1-4-7-15-9-13(14)12-6-5-10(2)8-11(12)3/h4-6,8H,1,7,9H2,2-3H3. The van der Waals surface area contributed by atoms with E-state index in [1.165, 1.54) is 5.56 Å². The summed E-state index contributed by atoms with van der Waals surface area (Å²) in [6.07, 6.45) is 1.82. The summed E-state index contributed by atoms with van der Waals surface area (Å²) in [5, 5.41) is 0. The second-order valence-electron chi connectivity index (χ2n) is 3.55. The van der Waals surface area contributed by atoms with E-state index in [4.69, 9.17) is 0 Å². The maximum absolute atomic E-state index is 11.8. The van der Waals surface area contributed by atoms with Crippen molar-refractivity contribution in [1.29, 1.82) is 0 Å². The molecule has 15 heavy (non-hydrogen) atoms. The van der Waals surface area contributed by atoms with Crippen LogP contribution in [0.5, 0.6) is 0 Å². The highest BCUT2D eigenvalue weighted by atomic mass is 32.2. The van der Waals surface area contributed by atoms with Crippen molar-refractivity contribution in [2.45, 2.75) is 13.8 Å². The molecule has 0 atom stereocenters. The quantitative estimate of drug-likeness (QED) is 0.430. The van der Waals surface area contributed by atoms with Gasteiger partial charge in [-0.3, -0.25) is 4.79 Å². The molecule has 1 rings (SSSR count). The molecule has 0 N–H and O–H groups in total. The summed E-state index contributed by atoms with van der Waals surface area (Å²) >= 11 is 1.60. The molecule has 1 aromatic rings. The number of rotatable bonds is 5. The van der Waals surface area contributed by atoms with Gasteiger partial charge < -0.3 is 0 Å². The molecule has 0 heterocycles. The maximum atomic E-state index is 11.8. The van der Waals surface area contributed by atoms with Crippen molar-refractivity contribution in [3.8, 4) is 0 Å². The van der Waals surface area contributed by atoms with Gasteiger partial charge >= 0.3 is 0 Å². The Morgan fingerprint density at radius 2 is 2.20 bits per heavy atom. The Bertz CT molecular complexity index is 369. The molecule has 0 aliphatic heterocycles. The number of Topliss-reactive ketones (excluding diaryl/α,β-unsaturated/α-hetero) is 1. The van der Waals surface area contributed by atoms with Crippen molar-refractivity contribution in [2.75, 3.05) is 11.5 Å². The lowest BCUT2D eigenvalue weighted by Gasteiger charge is -2.05. The third-order valence-corrected chi connectivity index (χ3v) is 3.09. The zero-order valence-electron chi connectivity index (χ0n) is 9.25. The van der Waals surface area contributed by atoms with Crippen LogP contribution in [0.4, 0.5) is 0 Å². The molecule has 0 amide bonds. The average Bonchev–Trinajstić information content (AvgIpc) is 2.17. The first kappa shape index (κ1) is 12.1. The summed E-state index contributed by atoms with van der Waals surface area (Å²) in [6.45, 7) is 7.65. The average molecular weight is 220 g/mol. The number of aryl methyl sites for hydroxylation is 2.